The number of carbonyl (C=O) groups is 1. The first-order valence-electron chi connectivity index (χ1n) is 14.9. The Morgan fingerprint density at radius 3 is 2.26 bits per heavy atom. The zero-order valence-electron chi connectivity index (χ0n) is 24.2. The fourth-order valence-electron chi connectivity index (χ4n) is 9.45. The molecule has 4 aliphatic carbocycles. The van der Waals surface area contributed by atoms with Gasteiger partial charge in [0.05, 0.1) is 6.10 Å². The van der Waals surface area contributed by atoms with E-state index in [9.17, 15) is 23.1 Å². The number of hydrogen-bond acceptors (Lipinski definition) is 5. The van der Waals surface area contributed by atoms with E-state index in [1.165, 1.54) is 0 Å². The van der Waals surface area contributed by atoms with Crippen molar-refractivity contribution in [1.29, 1.82) is 0 Å². The summed E-state index contributed by atoms with van der Waals surface area (Å²) in [5, 5.41) is 10.5. The summed E-state index contributed by atoms with van der Waals surface area (Å²) in [7, 11) is 0. The molecule has 4 saturated carbocycles. The number of rotatable bonds is 7. The topological polar surface area (TPSA) is 81.8 Å². The lowest BCUT2D eigenvalue weighted by Gasteiger charge is -2.62. The van der Waals surface area contributed by atoms with Gasteiger partial charge in [0.2, 0.25) is 0 Å². The summed E-state index contributed by atoms with van der Waals surface area (Å²) in [6.07, 6.45) is 1.71. The second kappa shape index (κ2) is 10.5. The van der Waals surface area contributed by atoms with Crippen molar-refractivity contribution in [1.82, 2.24) is 0 Å². The maximum absolute atomic E-state index is 13.6. The van der Waals surface area contributed by atoms with Gasteiger partial charge in [-0.25, -0.2) is 0 Å². The van der Waals surface area contributed by atoms with Crippen LogP contribution in [0.2, 0.25) is 0 Å². The number of nitrogens with two attached hydrogens (primary N) is 1. The normalized spacial score (nSPS) is 43.5. The molecule has 0 saturated heterocycles. The van der Waals surface area contributed by atoms with Crippen molar-refractivity contribution in [3.05, 3.63) is 0 Å². The Bertz CT molecular complexity index is 867. The summed E-state index contributed by atoms with van der Waals surface area (Å²) in [6.45, 7) is 12.6. The average molecular weight is 546 g/mol. The molecule has 0 heterocycles. The minimum absolute atomic E-state index is 0.00565. The molecule has 38 heavy (non-hydrogen) atoms. The van der Waals surface area contributed by atoms with Gasteiger partial charge in [-0.2, -0.15) is 13.2 Å². The third kappa shape index (κ3) is 5.04. The number of carbonyl (C=O) groups excluding carboxylic acids is 1. The van der Waals surface area contributed by atoms with Crippen molar-refractivity contribution in [3.63, 3.8) is 0 Å². The molecule has 0 aromatic carbocycles. The summed E-state index contributed by atoms with van der Waals surface area (Å²) in [5.74, 6) is 1.83. The summed E-state index contributed by atoms with van der Waals surface area (Å²) in [5.41, 5.74) is 3.41. The first kappa shape index (κ1) is 30.1. The quantitative estimate of drug-likeness (QED) is 0.283. The first-order valence-corrected chi connectivity index (χ1v) is 14.9. The van der Waals surface area contributed by atoms with E-state index in [2.05, 4.69) is 27.7 Å². The fourth-order valence-corrected chi connectivity index (χ4v) is 9.45. The Morgan fingerprint density at radius 2 is 1.63 bits per heavy atom. The van der Waals surface area contributed by atoms with E-state index >= 15 is 0 Å². The van der Waals surface area contributed by atoms with Gasteiger partial charge in [-0.15, -0.1) is 0 Å². The van der Waals surface area contributed by atoms with Crippen LogP contribution in [-0.4, -0.2) is 41.8 Å². The van der Waals surface area contributed by atoms with E-state index in [0.29, 0.717) is 36.0 Å². The van der Waals surface area contributed by atoms with Gasteiger partial charge in [0, 0.05) is 0 Å². The number of esters is 1. The SMILES string of the molecule is CC(C)[C@H](N)C(=O)OCO[C@H](C)[C@@H](C)[C@H]1CC[C@H]2[C@@H]3CC[C@@H]4C[C@@](O)(C(F)(F)F)CC[C@]4(C)[C@H]3CC[C@]12C. The molecule has 0 spiro atoms. The predicted molar refractivity (Wildman–Crippen MR) is 140 cm³/mol. The molecule has 220 valence electrons. The predicted octanol–water partition coefficient (Wildman–Crippen LogP) is 6.46. The lowest BCUT2D eigenvalue weighted by atomic mass is 9.43. The highest BCUT2D eigenvalue weighted by atomic mass is 19.4. The van der Waals surface area contributed by atoms with E-state index < -0.39 is 23.8 Å². The second-order valence-electron chi connectivity index (χ2n) is 14.2. The van der Waals surface area contributed by atoms with Crippen LogP contribution in [0.4, 0.5) is 13.2 Å². The molecule has 0 bridgehead atoms. The average Bonchev–Trinajstić information content (AvgIpc) is 3.19. The molecule has 4 fully saturated rings. The standard InChI is InChI=1S/C30H50F3NO4/c1-17(2)25(34)26(35)38-16-37-19(4)18(3)22-9-10-23-21-8-7-20-15-29(36,30(31,32)33)14-13-27(20,5)24(21)11-12-28(22,23)6/h17-25,36H,7-16,34H2,1-6H3/t18-,19-,20-,21+,22-,23+,24+,25+,27+,28-,29-/m1/s1. The van der Waals surface area contributed by atoms with Crippen LogP contribution >= 0.6 is 0 Å². The summed E-state index contributed by atoms with van der Waals surface area (Å²) >= 11 is 0. The summed E-state index contributed by atoms with van der Waals surface area (Å²) in [6, 6.07) is -0.653. The third-order valence-corrected chi connectivity index (χ3v) is 12.2. The van der Waals surface area contributed by atoms with Crippen LogP contribution in [0.15, 0.2) is 0 Å². The van der Waals surface area contributed by atoms with Crippen LogP contribution < -0.4 is 5.73 Å². The van der Waals surface area contributed by atoms with Crippen molar-refractivity contribution in [2.24, 2.45) is 58.0 Å². The van der Waals surface area contributed by atoms with E-state index in [0.717, 1.165) is 38.5 Å². The van der Waals surface area contributed by atoms with E-state index in [1.54, 1.807) is 0 Å². The highest BCUT2D eigenvalue weighted by molar-refractivity contribution is 5.75. The Hall–Kier alpha value is -0.860. The highest BCUT2D eigenvalue weighted by Crippen LogP contribution is 2.69. The molecule has 11 atom stereocenters. The van der Waals surface area contributed by atoms with Crippen LogP contribution in [0.3, 0.4) is 0 Å². The summed E-state index contributed by atoms with van der Waals surface area (Å²) < 4.78 is 52.2. The van der Waals surface area contributed by atoms with Crippen LogP contribution in [0.25, 0.3) is 0 Å². The smallest absolute Gasteiger partial charge is 0.417 e. The molecular formula is C30H50F3NO4. The van der Waals surface area contributed by atoms with Crippen molar-refractivity contribution >= 4 is 5.97 Å². The minimum Gasteiger partial charge on any atom is -0.437 e. The van der Waals surface area contributed by atoms with Crippen LogP contribution in [-0.2, 0) is 14.3 Å². The molecule has 3 N–H and O–H groups in total. The number of ether oxygens (including phenoxy) is 2. The van der Waals surface area contributed by atoms with Gasteiger partial charge < -0.3 is 20.3 Å². The van der Waals surface area contributed by atoms with Crippen LogP contribution in [0.5, 0.6) is 0 Å². The van der Waals surface area contributed by atoms with Gasteiger partial charge in [0.25, 0.3) is 0 Å². The molecule has 0 aromatic rings. The van der Waals surface area contributed by atoms with E-state index in [4.69, 9.17) is 15.2 Å². The molecule has 8 heteroatoms. The van der Waals surface area contributed by atoms with Crippen molar-refractivity contribution in [3.8, 4) is 0 Å². The van der Waals surface area contributed by atoms with E-state index in [1.807, 2.05) is 13.8 Å². The van der Waals surface area contributed by atoms with Gasteiger partial charge >= 0.3 is 12.1 Å². The molecule has 0 radical (unpaired) electrons. The lowest BCUT2D eigenvalue weighted by Crippen LogP contribution is -2.59. The molecule has 0 aromatic heterocycles. The number of aliphatic hydroxyl groups is 1. The molecule has 4 rings (SSSR count). The molecule has 0 aliphatic heterocycles. The maximum atomic E-state index is 13.6. The zero-order chi connectivity index (χ0) is 28.3. The molecule has 0 amide bonds. The molecular weight excluding hydrogens is 495 g/mol. The first-order chi connectivity index (χ1) is 17.5. The Morgan fingerprint density at radius 1 is 0.974 bits per heavy atom. The number of alkyl halides is 3. The number of halogens is 3. The monoisotopic (exact) mass is 545 g/mol. The number of hydrogen-bond donors (Lipinski definition) is 2. The lowest BCUT2D eigenvalue weighted by molar-refractivity contribution is -0.290. The van der Waals surface area contributed by atoms with Gasteiger partial charge in [-0.1, -0.05) is 34.6 Å². The largest absolute Gasteiger partial charge is 0.437 e. The molecule has 5 nitrogen and oxygen atoms in total. The van der Waals surface area contributed by atoms with Gasteiger partial charge in [0.15, 0.2) is 12.4 Å². The van der Waals surface area contributed by atoms with Gasteiger partial charge in [-0.05, 0) is 117 Å². The molecule has 0 unspecified atom stereocenters. The third-order valence-electron chi connectivity index (χ3n) is 12.2. The highest BCUT2D eigenvalue weighted by Gasteiger charge is 2.65. The minimum atomic E-state index is -4.55. The summed E-state index contributed by atoms with van der Waals surface area (Å²) in [4.78, 5) is 12.1. The van der Waals surface area contributed by atoms with Gasteiger partial charge in [-0.3, -0.25) is 4.79 Å². The fraction of sp³-hybridized carbons (Fsp3) is 0.967. The van der Waals surface area contributed by atoms with Crippen molar-refractivity contribution in [2.45, 2.75) is 123 Å². The van der Waals surface area contributed by atoms with Crippen molar-refractivity contribution < 1.29 is 32.5 Å². The maximum Gasteiger partial charge on any atom is 0.417 e. The van der Waals surface area contributed by atoms with E-state index in [-0.39, 0.29) is 48.4 Å². The van der Waals surface area contributed by atoms with Crippen LogP contribution in [0, 0.1) is 52.3 Å². The Kier molecular flexibility index (Phi) is 8.33. The van der Waals surface area contributed by atoms with Crippen LogP contribution in [0.1, 0.15) is 99.3 Å². The molecule has 4 aliphatic rings. The van der Waals surface area contributed by atoms with Crippen molar-refractivity contribution in [2.75, 3.05) is 6.79 Å². The van der Waals surface area contributed by atoms with Gasteiger partial charge in [0.1, 0.15) is 6.04 Å². The zero-order valence-corrected chi connectivity index (χ0v) is 24.2. The second-order valence-corrected chi connectivity index (χ2v) is 14.2. The number of fused-ring (bicyclic) bond motifs is 5. The Labute approximate surface area is 226 Å². The Balaban J connectivity index is 1.39.